The molecule has 1 atom stereocenters. The summed E-state index contributed by atoms with van der Waals surface area (Å²) in [6.07, 6.45) is 8.00. The number of nitrogens with one attached hydrogen (secondary N) is 1. The molecule has 5 nitrogen and oxygen atoms in total. The van der Waals surface area contributed by atoms with Gasteiger partial charge in [-0.2, -0.15) is 0 Å². The second-order valence-electron chi connectivity index (χ2n) is 7.94. The van der Waals surface area contributed by atoms with Gasteiger partial charge in [0.25, 0.3) is 5.91 Å². The van der Waals surface area contributed by atoms with Gasteiger partial charge in [0.2, 0.25) is 5.95 Å². The van der Waals surface area contributed by atoms with Crippen LogP contribution in [0.15, 0.2) is 67.0 Å². The third kappa shape index (κ3) is 5.03. The Labute approximate surface area is 178 Å². The van der Waals surface area contributed by atoms with Crippen molar-refractivity contribution in [3.05, 3.63) is 78.1 Å². The fraction of sp³-hybridized carbons (Fsp3) is 0.320. The highest BCUT2D eigenvalue weighted by Crippen LogP contribution is 2.21. The monoisotopic (exact) mass is 400 g/mol. The highest BCUT2D eigenvalue weighted by Gasteiger charge is 2.15. The Morgan fingerprint density at radius 1 is 0.967 bits per heavy atom. The number of rotatable bonds is 7. The zero-order valence-corrected chi connectivity index (χ0v) is 17.4. The first-order valence-corrected chi connectivity index (χ1v) is 10.7. The minimum atomic E-state index is -0.0391. The van der Waals surface area contributed by atoms with Gasteiger partial charge in [-0.3, -0.25) is 4.79 Å². The molecule has 1 saturated heterocycles. The molecular formula is C25H28N4O. The van der Waals surface area contributed by atoms with Crippen molar-refractivity contribution in [2.24, 2.45) is 0 Å². The zero-order chi connectivity index (χ0) is 20.8. The van der Waals surface area contributed by atoms with Crippen LogP contribution in [0.2, 0.25) is 0 Å². The van der Waals surface area contributed by atoms with E-state index in [1.165, 1.54) is 18.4 Å². The maximum Gasteiger partial charge on any atom is 0.251 e. The van der Waals surface area contributed by atoms with Crippen molar-refractivity contribution in [1.29, 1.82) is 0 Å². The summed E-state index contributed by atoms with van der Waals surface area (Å²) >= 11 is 0. The molecule has 5 heteroatoms. The molecule has 0 radical (unpaired) electrons. The van der Waals surface area contributed by atoms with Crippen LogP contribution in [0, 0.1) is 0 Å². The van der Waals surface area contributed by atoms with Crippen LogP contribution in [0.5, 0.6) is 0 Å². The quantitative estimate of drug-likeness (QED) is 0.635. The summed E-state index contributed by atoms with van der Waals surface area (Å²) in [7, 11) is 0. The Bertz CT molecular complexity index is 949. The highest BCUT2D eigenvalue weighted by molar-refractivity contribution is 5.94. The summed E-state index contributed by atoms with van der Waals surface area (Å²) in [5.74, 6) is 0.763. The van der Waals surface area contributed by atoms with Crippen molar-refractivity contribution in [2.75, 3.05) is 18.0 Å². The number of benzene rings is 2. The van der Waals surface area contributed by atoms with Crippen LogP contribution in [-0.2, 0) is 6.42 Å². The Morgan fingerprint density at radius 2 is 1.63 bits per heavy atom. The van der Waals surface area contributed by atoms with Crippen molar-refractivity contribution >= 4 is 11.9 Å². The van der Waals surface area contributed by atoms with Gasteiger partial charge in [-0.1, -0.05) is 42.5 Å². The third-order valence-electron chi connectivity index (χ3n) is 5.59. The summed E-state index contributed by atoms with van der Waals surface area (Å²) in [4.78, 5) is 23.8. The van der Waals surface area contributed by atoms with Crippen molar-refractivity contribution in [1.82, 2.24) is 15.3 Å². The molecule has 1 amide bonds. The Morgan fingerprint density at radius 3 is 2.30 bits per heavy atom. The number of aromatic nitrogens is 2. The average molecular weight is 401 g/mol. The average Bonchev–Trinajstić information content (AvgIpc) is 3.34. The van der Waals surface area contributed by atoms with Crippen LogP contribution in [0.4, 0.5) is 5.95 Å². The molecule has 0 aliphatic carbocycles. The number of carbonyl (C=O) groups excluding carboxylic acids is 1. The van der Waals surface area contributed by atoms with Crippen LogP contribution in [0.1, 0.15) is 42.1 Å². The first-order valence-electron chi connectivity index (χ1n) is 10.7. The molecule has 1 fully saturated rings. The van der Waals surface area contributed by atoms with Gasteiger partial charge in [0.15, 0.2) is 0 Å². The first kappa shape index (κ1) is 20.1. The van der Waals surface area contributed by atoms with Crippen LogP contribution in [-0.4, -0.2) is 35.0 Å². The van der Waals surface area contributed by atoms with E-state index in [1.54, 1.807) is 0 Å². The second kappa shape index (κ2) is 9.53. The summed E-state index contributed by atoms with van der Waals surface area (Å²) in [5, 5.41) is 3.10. The van der Waals surface area contributed by atoms with E-state index in [0.29, 0.717) is 5.56 Å². The predicted octanol–water partition coefficient (Wildman–Crippen LogP) is 4.49. The van der Waals surface area contributed by atoms with Gasteiger partial charge in [0, 0.05) is 42.7 Å². The summed E-state index contributed by atoms with van der Waals surface area (Å²) in [5.41, 5.74) is 3.93. The lowest BCUT2D eigenvalue weighted by Gasteiger charge is -2.15. The van der Waals surface area contributed by atoms with Gasteiger partial charge < -0.3 is 10.2 Å². The smallest absolute Gasteiger partial charge is 0.251 e. The number of aryl methyl sites for hydroxylation is 1. The Balaban J connectivity index is 1.32. The van der Waals surface area contributed by atoms with Crippen molar-refractivity contribution < 1.29 is 4.79 Å². The zero-order valence-electron chi connectivity index (χ0n) is 17.4. The van der Waals surface area contributed by atoms with Crippen molar-refractivity contribution in [3.8, 4) is 11.1 Å². The molecule has 1 aliphatic rings. The maximum absolute atomic E-state index is 12.6. The molecular weight excluding hydrogens is 372 g/mol. The molecule has 1 aliphatic heterocycles. The molecule has 1 N–H and O–H groups in total. The fourth-order valence-electron chi connectivity index (χ4n) is 3.77. The van der Waals surface area contributed by atoms with Gasteiger partial charge in [-0.15, -0.1) is 0 Å². The Kier molecular flexibility index (Phi) is 6.38. The second-order valence-corrected chi connectivity index (χ2v) is 7.94. The molecule has 154 valence electrons. The molecule has 1 aromatic heterocycles. The number of hydrogen-bond acceptors (Lipinski definition) is 4. The largest absolute Gasteiger partial charge is 0.350 e. The van der Waals surface area contributed by atoms with E-state index in [4.69, 9.17) is 0 Å². The highest BCUT2D eigenvalue weighted by atomic mass is 16.1. The van der Waals surface area contributed by atoms with E-state index in [2.05, 4.69) is 39.2 Å². The van der Waals surface area contributed by atoms with E-state index >= 15 is 0 Å². The van der Waals surface area contributed by atoms with Crippen LogP contribution < -0.4 is 10.2 Å². The lowest BCUT2D eigenvalue weighted by molar-refractivity contribution is 0.0938. The number of hydrogen-bond donors (Lipinski definition) is 1. The van der Waals surface area contributed by atoms with E-state index < -0.39 is 0 Å². The minimum Gasteiger partial charge on any atom is -0.350 e. The fourth-order valence-corrected chi connectivity index (χ4v) is 3.77. The van der Waals surface area contributed by atoms with Crippen molar-refractivity contribution in [3.63, 3.8) is 0 Å². The standard InChI is InChI=1S/C25H28N4O/c1-19(9-10-20-7-3-2-4-8-20)28-24(30)22-13-11-21(12-14-22)23-17-26-25(27-18-23)29-15-5-6-16-29/h2-4,7-8,11-14,17-19H,5-6,9-10,15-16H2,1H3,(H,28,30)/t19-/m1/s1. The summed E-state index contributed by atoms with van der Waals surface area (Å²) in [6, 6.07) is 18.1. The molecule has 0 spiro atoms. The molecule has 4 rings (SSSR count). The van der Waals surface area contributed by atoms with Gasteiger partial charge in [-0.25, -0.2) is 9.97 Å². The number of nitrogens with zero attached hydrogens (tertiary/aromatic N) is 3. The minimum absolute atomic E-state index is 0.0391. The lowest BCUT2D eigenvalue weighted by Crippen LogP contribution is -2.32. The van der Waals surface area contributed by atoms with Crippen molar-refractivity contribution in [2.45, 2.75) is 38.6 Å². The molecule has 2 aromatic carbocycles. The van der Waals surface area contributed by atoms with E-state index in [0.717, 1.165) is 43.0 Å². The summed E-state index contributed by atoms with van der Waals surface area (Å²) in [6.45, 7) is 4.12. The van der Waals surface area contributed by atoms with Crippen LogP contribution >= 0.6 is 0 Å². The van der Waals surface area contributed by atoms with Gasteiger partial charge in [0.05, 0.1) is 0 Å². The number of carbonyl (C=O) groups is 1. The molecule has 0 unspecified atom stereocenters. The van der Waals surface area contributed by atoms with E-state index in [-0.39, 0.29) is 11.9 Å². The van der Waals surface area contributed by atoms with Gasteiger partial charge in [-0.05, 0) is 55.9 Å². The molecule has 30 heavy (non-hydrogen) atoms. The number of anilines is 1. The summed E-state index contributed by atoms with van der Waals surface area (Å²) < 4.78 is 0. The maximum atomic E-state index is 12.6. The Hall–Kier alpha value is -3.21. The molecule has 3 aromatic rings. The van der Waals surface area contributed by atoms with Crippen LogP contribution in [0.3, 0.4) is 0 Å². The third-order valence-corrected chi connectivity index (χ3v) is 5.59. The van der Waals surface area contributed by atoms with Crippen LogP contribution in [0.25, 0.3) is 11.1 Å². The lowest BCUT2D eigenvalue weighted by atomic mass is 10.0. The topological polar surface area (TPSA) is 58.1 Å². The number of amides is 1. The first-order chi connectivity index (χ1) is 14.7. The van der Waals surface area contributed by atoms with Gasteiger partial charge >= 0.3 is 0 Å². The molecule has 0 bridgehead atoms. The predicted molar refractivity (Wildman–Crippen MR) is 121 cm³/mol. The van der Waals surface area contributed by atoms with E-state index in [1.807, 2.05) is 54.9 Å². The SMILES string of the molecule is C[C@H](CCc1ccccc1)NC(=O)c1ccc(-c2cnc(N3CCCC3)nc2)cc1. The van der Waals surface area contributed by atoms with Gasteiger partial charge in [0.1, 0.15) is 0 Å². The van der Waals surface area contributed by atoms with E-state index in [9.17, 15) is 4.79 Å². The molecule has 0 saturated carbocycles. The normalized spacial score (nSPS) is 14.5. The molecule has 2 heterocycles.